The van der Waals surface area contributed by atoms with E-state index in [0.717, 1.165) is 36.4 Å². The number of nitrogens with zero attached hydrogens (tertiary/aromatic N) is 1. The summed E-state index contributed by atoms with van der Waals surface area (Å²) in [7, 11) is 0. The van der Waals surface area contributed by atoms with Crippen molar-refractivity contribution in [2.24, 2.45) is 5.73 Å². The molecule has 1 fully saturated rings. The first-order chi connectivity index (χ1) is 19.0. The molecule has 0 bridgehead atoms. The van der Waals surface area contributed by atoms with Gasteiger partial charge in [-0.05, 0) is 61.3 Å². The molecule has 2 aliphatic rings. The number of hydrogen-bond acceptors (Lipinski definition) is 5. The van der Waals surface area contributed by atoms with Gasteiger partial charge in [0, 0.05) is 29.0 Å². The van der Waals surface area contributed by atoms with Gasteiger partial charge in [0.25, 0.3) is 5.91 Å². The number of primary amides is 1. The maximum Gasteiger partial charge on any atom is 0.490 e. The lowest BCUT2D eigenvalue weighted by molar-refractivity contribution is -0.192. The Labute approximate surface area is 228 Å². The fourth-order valence-corrected chi connectivity index (χ4v) is 4.49. The van der Waals surface area contributed by atoms with Gasteiger partial charge in [0.2, 0.25) is 5.91 Å². The zero-order valence-electron chi connectivity index (χ0n) is 21.3. The summed E-state index contributed by atoms with van der Waals surface area (Å²) in [5, 5.41) is 13.5. The third-order valence-electron chi connectivity index (χ3n) is 6.43. The molecule has 0 aliphatic carbocycles. The van der Waals surface area contributed by atoms with Gasteiger partial charge in [-0.1, -0.05) is 48.5 Å². The Bertz CT molecular complexity index is 1430. The van der Waals surface area contributed by atoms with Gasteiger partial charge in [-0.2, -0.15) is 13.2 Å². The van der Waals surface area contributed by atoms with Crippen molar-refractivity contribution in [2.75, 3.05) is 23.7 Å². The van der Waals surface area contributed by atoms with E-state index in [4.69, 9.17) is 15.6 Å². The predicted molar refractivity (Wildman–Crippen MR) is 145 cm³/mol. The first kappa shape index (κ1) is 28.4. The summed E-state index contributed by atoms with van der Waals surface area (Å²) >= 11 is 0. The SMILES string of the molecule is NC(=O)c1ccc2c(c1)NC(=O)/C2=C(\Nc1ccc(CN2CCCC2)cc1)c1ccccc1.O=C(O)C(F)(F)F. The van der Waals surface area contributed by atoms with Crippen LogP contribution in [0.2, 0.25) is 0 Å². The Morgan fingerprint density at radius 3 is 2.15 bits per heavy atom. The van der Waals surface area contributed by atoms with E-state index >= 15 is 0 Å². The Morgan fingerprint density at radius 2 is 1.57 bits per heavy atom. The number of nitrogens with one attached hydrogen (secondary N) is 2. The normalized spacial score (nSPS) is 15.9. The van der Waals surface area contributed by atoms with E-state index in [2.05, 4.69) is 39.8 Å². The molecule has 0 saturated carbocycles. The average molecular weight is 553 g/mol. The van der Waals surface area contributed by atoms with E-state index < -0.39 is 18.1 Å². The summed E-state index contributed by atoms with van der Waals surface area (Å²) in [6.07, 6.45) is -2.53. The topological polar surface area (TPSA) is 125 Å². The number of aliphatic carboxylic acids is 1. The first-order valence-corrected chi connectivity index (χ1v) is 12.5. The van der Waals surface area contributed by atoms with Crippen LogP contribution in [0.4, 0.5) is 24.5 Å². The first-order valence-electron chi connectivity index (χ1n) is 12.5. The molecule has 5 N–H and O–H groups in total. The molecule has 208 valence electrons. The maximum atomic E-state index is 13.0. The van der Waals surface area contributed by atoms with Gasteiger partial charge in [-0.3, -0.25) is 14.5 Å². The van der Waals surface area contributed by atoms with Crippen LogP contribution in [0.5, 0.6) is 0 Å². The molecule has 0 spiro atoms. The van der Waals surface area contributed by atoms with Crippen LogP contribution in [0, 0.1) is 0 Å². The quantitative estimate of drug-likeness (QED) is 0.321. The van der Waals surface area contributed by atoms with Crippen LogP contribution >= 0.6 is 0 Å². The Balaban J connectivity index is 0.000000470. The lowest BCUT2D eigenvalue weighted by atomic mass is 9.99. The maximum absolute atomic E-state index is 13.0. The molecule has 3 aromatic rings. The fraction of sp³-hybridized carbons (Fsp3) is 0.207. The second-order valence-corrected chi connectivity index (χ2v) is 9.30. The molecular formula is C29H27F3N4O4. The summed E-state index contributed by atoms with van der Waals surface area (Å²) < 4.78 is 31.7. The molecule has 0 atom stereocenters. The molecule has 8 nitrogen and oxygen atoms in total. The number of amides is 2. The molecule has 2 amide bonds. The number of nitrogens with two attached hydrogens (primary N) is 1. The number of fused-ring (bicyclic) bond motifs is 1. The predicted octanol–water partition coefficient (Wildman–Crippen LogP) is 4.95. The monoisotopic (exact) mass is 552 g/mol. The van der Waals surface area contributed by atoms with E-state index in [1.165, 1.54) is 18.4 Å². The number of carbonyl (C=O) groups excluding carboxylic acids is 2. The molecule has 0 unspecified atom stereocenters. The van der Waals surface area contributed by atoms with Crippen molar-refractivity contribution in [1.82, 2.24) is 4.90 Å². The highest BCUT2D eigenvalue weighted by atomic mass is 19.4. The van der Waals surface area contributed by atoms with Crippen LogP contribution in [0.15, 0.2) is 72.8 Å². The number of rotatable bonds is 6. The zero-order chi connectivity index (χ0) is 28.9. The number of alkyl halides is 3. The fourth-order valence-electron chi connectivity index (χ4n) is 4.49. The van der Waals surface area contributed by atoms with Gasteiger partial charge in [0.15, 0.2) is 0 Å². The highest BCUT2D eigenvalue weighted by Crippen LogP contribution is 2.38. The van der Waals surface area contributed by atoms with Crippen molar-refractivity contribution in [1.29, 1.82) is 0 Å². The number of benzene rings is 3. The van der Waals surface area contributed by atoms with Gasteiger partial charge in [-0.15, -0.1) is 0 Å². The summed E-state index contributed by atoms with van der Waals surface area (Å²) in [5.41, 5.74) is 11.4. The van der Waals surface area contributed by atoms with Gasteiger partial charge < -0.3 is 21.5 Å². The second-order valence-electron chi connectivity index (χ2n) is 9.30. The Kier molecular flexibility index (Phi) is 8.54. The third kappa shape index (κ3) is 6.86. The molecular weight excluding hydrogens is 525 g/mol. The summed E-state index contributed by atoms with van der Waals surface area (Å²) in [5.74, 6) is -3.50. The molecule has 11 heteroatoms. The van der Waals surface area contributed by atoms with Gasteiger partial charge in [-0.25, -0.2) is 4.79 Å². The van der Waals surface area contributed by atoms with E-state index in [-0.39, 0.29) is 5.91 Å². The number of likely N-dealkylation sites (tertiary alicyclic amines) is 1. The third-order valence-corrected chi connectivity index (χ3v) is 6.43. The van der Waals surface area contributed by atoms with Crippen molar-refractivity contribution >= 4 is 40.4 Å². The summed E-state index contributed by atoms with van der Waals surface area (Å²) in [4.78, 5) is 36.0. The zero-order valence-corrected chi connectivity index (χ0v) is 21.3. The molecule has 0 aromatic heterocycles. The van der Waals surface area contributed by atoms with Gasteiger partial charge in [0.05, 0.1) is 11.3 Å². The van der Waals surface area contributed by atoms with Crippen LogP contribution in [0.3, 0.4) is 0 Å². The molecule has 1 saturated heterocycles. The lowest BCUT2D eigenvalue weighted by Crippen LogP contribution is -2.21. The van der Waals surface area contributed by atoms with Crippen molar-refractivity contribution < 1.29 is 32.7 Å². The van der Waals surface area contributed by atoms with Crippen molar-refractivity contribution in [3.63, 3.8) is 0 Å². The molecule has 5 rings (SSSR count). The van der Waals surface area contributed by atoms with Crippen LogP contribution in [-0.4, -0.2) is 47.1 Å². The minimum Gasteiger partial charge on any atom is -0.475 e. The van der Waals surface area contributed by atoms with Crippen LogP contribution in [0.1, 0.15) is 39.9 Å². The second kappa shape index (κ2) is 12.0. The number of hydrogen-bond donors (Lipinski definition) is 4. The van der Waals surface area contributed by atoms with Crippen LogP contribution in [-0.2, 0) is 16.1 Å². The summed E-state index contributed by atoms with van der Waals surface area (Å²) in [6.45, 7) is 3.29. The largest absolute Gasteiger partial charge is 0.490 e. The van der Waals surface area contributed by atoms with Crippen molar-refractivity contribution in [3.05, 3.63) is 95.1 Å². The van der Waals surface area contributed by atoms with Gasteiger partial charge in [0.1, 0.15) is 0 Å². The van der Waals surface area contributed by atoms with Crippen LogP contribution < -0.4 is 16.4 Å². The lowest BCUT2D eigenvalue weighted by Gasteiger charge is -2.17. The minimum atomic E-state index is -5.08. The smallest absolute Gasteiger partial charge is 0.475 e. The Morgan fingerprint density at radius 1 is 0.950 bits per heavy atom. The standard InChI is InChI=1S/C27H26N4O2.C2HF3O2/c28-26(32)20-10-13-22-23(16-20)30-27(33)24(22)25(19-6-2-1-3-7-19)29-21-11-8-18(9-12-21)17-31-14-4-5-15-31;3-2(4,5)1(6)7/h1-3,6-13,16,29H,4-5,14-15,17H2,(H2,28,32)(H,30,33);(H,6,7)/b25-24-;. The van der Waals surface area contributed by atoms with Gasteiger partial charge >= 0.3 is 12.1 Å². The highest BCUT2D eigenvalue weighted by Gasteiger charge is 2.38. The molecule has 2 heterocycles. The number of anilines is 2. The van der Waals surface area contributed by atoms with E-state index in [0.29, 0.717) is 22.5 Å². The molecule has 2 aliphatic heterocycles. The van der Waals surface area contributed by atoms with E-state index in [1.807, 2.05) is 30.3 Å². The van der Waals surface area contributed by atoms with E-state index in [9.17, 15) is 22.8 Å². The summed E-state index contributed by atoms with van der Waals surface area (Å²) in [6, 6.07) is 23.2. The van der Waals surface area contributed by atoms with Crippen molar-refractivity contribution in [2.45, 2.75) is 25.6 Å². The number of carboxylic acid groups (broad SMARTS) is 1. The molecule has 3 aromatic carbocycles. The number of halogens is 3. The Hall–Kier alpha value is -4.64. The number of carboxylic acids is 1. The molecule has 40 heavy (non-hydrogen) atoms. The molecule has 0 radical (unpaired) electrons. The van der Waals surface area contributed by atoms with Crippen LogP contribution in [0.25, 0.3) is 11.3 Å². The average Bonchev–Trinajstić information content (AvgIpc) is 3.55. The highest BCUT2D eigenvalue weighted by molar-refractivity contribution is 6.37. The minimum absolute atomic E-state index is 0.219. The van der Waals surface area contributed by atoms with E-state index in [1.54, 1.807) is 18.2 Å². The van der Waals surface area contributed by atoms with Crippen molar-refractivity contribution in [3.8, 4) is 0 Å². The number of carbonyl (C=O) groups is 3.